The SMILES string of the molecule is CN(C)CF. The number of hydrogen-bond acceptors (Lipinski definition) is 1. The van der Waals surface area contributed by atoms with Crippen molar-refractivity contribution in [3.63, 3.8) is 0 Å². The normalized spacial score (nSPS) is 9.60. The Balaban J connectivity index is 2.54. The summed E-state index contributed by atoms with van der Waals surface area (Å²) >= 11 is 0. The molecule has 0 saturated heterocycles. The molecule has 0 bridgehead atoms. The zero-order chi connectivity index (χ0) is 4.28. The molecule has 5 heavy (non-hydrogen) atoms. The fourth-order valence-electron chi connectivity index (χ4n) is 0. The van der Waals surface area contributed by atoms with Gasteiger partial charge in [-0.15, -0.1) is 0 Å². The highest BCUT2D eigenvalue weighted by atomic mass is 19.1. The molecular formula is C3H8FN. The number of alkyl halides is 1. The van der Waals surface area contributed by atoms with Crippen molar-refractivity contribution in [3.05, 3.63) is 0 Å². The molecule has 0 saturated carbocycles. The summed E-state index contributed by atoms with van der Waals surface area (Å²) in [7, 11) is 3.36. The number of hydrogen-bond donors (Lipinski definition) is 0. The van der Waals surface area contributed by atoms with Gasteiger partial charge in [0, 0.05) is 0 Å². The lowest BCUT2D eigenvalue weighted by molar-refractivity contribution is 0.266. The molecule has 32 valence electrons. The lowest BCUT2D eigenvalue weighted by Crippen LogP contribution is -2.07. The van der Waals surface area contributed by atoms with Gasteiger partial charge in [0.15, 0.2) is 0 Å². The third-order valence-corrected chi connectivity index (χ3v) is 0.239. The van der Waals surface area contributed by atoms with Gasteiger partial charge in [-0.05, 0) is 14.1 Å². The van der Waals surface area contributed by atoms with Gasteiger partial charge in [0.05, 0.1) is 0 Å². The van der Waals surface area contributed by atoms with Crippen LogP contribution in [0.1, 0.15) is 0 Å². The van der Waals surface area contributed by atoms with Gasteiger partial charge in [-0.1, -0.05) is 0 Å². The molecule has 0 heterocycles. The number of halogens is 1. The Hall–Kier alpha value is -0.110. The molecule has 0 aromatic rings. The van der Waals surface area contributed by atoms with Crippen LogP contribution >= 0.6 is 0 Å². The van der Waals surface area contributed by atoms with Crippen molar-refractivity contribution in [2.75, 3.05) is 20.9 Å². The first kappa shape index (κ1) is 4.89. The van der Waals surface area contributed by atoms with Gasteiger partial charge in [-0.25, -0.2) is 4.39 Å². The highest BCUT2D eigenvalue weighted by Gasteiger charge is 1.75. The zero-order valence-corrected chi connectivity index (χ0v) is 3.53. The molecule has 0 unspecified atom stereocenters. The summed E-state index contributed by atoms with van der Waals surface area (Å²) in [5.74, 6) is 0. The second kappa shape index (κ2) is 2.15. The predicted octanol–water partition coefficient (Wildman–Crippen LogP) is 0.475. The average Bonchev–Trinajstić information content (AvgIpc) is 1.38. The fraction of sp³-hybridized carbons (Fsp3) is 1.00. The molecule has 0 aliphatic rings. The quantitative estimate of drug-likeness (QED) is 0.411. The van der Waals surface area contributed by atoms with E-state index in [1.165, 1.54) is 4.90 Å². The summed E-state index contributed by atoms with van der Waals surface area (Å²) in [6.45, 7) is -0.361. The third kappa shape index (κ3) is 3.89. The average molecular weight is 77.1 g/mol. The first-order chi connectivity index (χ1) is 2.27. The van der Waals surface area contributed by atoms with Crippen molar-refractivity contribution in [3.8, 4) is 0 Å². The van der Waals surface area contributed by atoms with Crippen molar-refractivity contribution >= 4 is 0 Å². The van der Waals surface area contributed by atoms with Crippen LogP contribution in [0.3, 0.4) is 0 Å². The fourth-order valence-corrected chi connectivity index (χ4v) is 0. The van der Waals surface area contributed by atoms with Crippen molar-refractivity contribution in [1.82, 2.24) is 4.90 Å². The highest BCUT2D eigenvalue weighted by molar-refractivity contribution is 4.17. The van der Waals surface area contributed by atoms with Crippen molar-refractivity contribution < 1.29 is 4.39 Å². The van der Waals surface area contributed by atoms with E-state index in [0.717, 1.165) is 0 Å². The third-order valence-electron chi connectivity index (χ3n) is 0.239. The number of nitrogens with zero attached hydrogens (tertiary/aromatic N) is 1. The Morgan fingerprint density at radius 3 is 1.80 bits per heavy atom. The van der Waals surface area contributed by atoms with Crippen molar-refractivity contribution in [1.29, 1.82) is 0 Å². The molecule has 0 atom stereocenters. The maximum atomic E-state index is 11.0. The Bertz CT molecular complexity index is 20.9. The molecule has 0 aromatic heterocycles. The smallest absolute Gasteiger partial charge is 0.142 e. The Morgan fingerprint density at radius 2 is 1.80 bits per heavy atom. The standard InChI is InChI=1S/C3H8FN/c1-5(2)3-4/h3H2,1-2H3. The molecule has 0 aliphatic heterocycles. The topological polar surface area (TPSA) is 3.24 Å². The number of rotatable bonds is 1. The van der Waals surface area contributed by atoms with E-state index in [4.69, 9.17) is 0 Å². The van der Waals surface area contributed by atoms with Gasteiger partial charge < -0.3 is 0 Å². The van der Waals surface area contributed by atoms with E-state index < -0.39 is 0 Å². The molecule has 0 aromatic carbocycles. The maximum absolute atomic E-state index is 11.0. The van der Waals surface area contributed by atoms with Crippen LogP contribution in [-0.2, 0) is 0 Å². The van der Waals surface area contributed by atoms with E-state index in [1.54, 1.807) is 14.1 Å². The van der Waals surface area contributed by atoms with Gasteiger partial charge in [0.25, 0.3) is 0 Å². The Morgan fingerprint density at radius 1 is 1.60 bits per heavy atom. The van der Waals surface area contributed by atoms with E-state index in [2.05, 4.69) is 0 Å². The van der Waals surface area contributed by atoms with Gasteiger partial charge >= 0.3 is 0 Å². The molecule has 1 nitrogen and oxygen atoms in total. The molecule has 0 spiro atoms. The monoisotopic (exact) mass is 77.1 g/mol. The minimum atomic E-state index is -0.361. The molecule has 0 amide bonds. The second-order valence-corrected chi connectivity index (χ2v) is 1.20. The summed E-state index contributed by atoms with van der Waals surface area (Å²) in [4.78, 5) is 1.46. The van der Waals surface area contributed by atoms with E-state index >= 15 is 0 Å². The van der Waals surface area contributed by atoms with Crippen LogP contribution in [0.2, 0.25) is 0 Å². The Labute approximate surface area is 31.4 Å². The van der Waals surface area contributed by atoms with E-state index in [1.807, 2.05) is 0 Å². The van der Waals surface area contributed by atoms with Gasteiger partial charge in [0.1, 0.15) is 6.80 Å². The van der Waals surface area contributed by atoms with Crippen LogP contribution in [0.5, 0.6) is 0 Å². The van der Waals surface area contributed by atoms with Crippen LogP contribution in [0.25, 0.3) is 0 Å². The van der Waals surface area contributed by atoms with Crippen molar-refractivity contribution in [2.45, 2.75) is 0 Å². The van der Waals surface area contributed by atoms with E-state index in [-0.39, 0.29) is 6.80 Å². The van der Waals surface area contributed by atoms with E-state index in [0.29, 0.717) is 0 Å². The van der Waals surface area contributed by atoms with Crippen LogP contribution in [0, 0.1) is 0 Å². The van der Waals surface area contributed by atoms with Gasteiger partial charge in [-0.2, -0.15) is 0 Å². The zero-order valence-electron chi connectivity index (χ0n) is 3.53. The molecule has 0 aliphatic carbocycles. The van der Waals surface area contributed by atoms with Gasteiger partial charge in [0.2, 0.25) is 0 Å². The first-order valence-electron chi connectivity index (χ1n) is 1.48. The molecular weight excluding hydrogens is 69.0 g/mol. The minimum absolute atomic E-state index is 0.361. The molecule has 0 radical (unpaired) electrons. The van der Waals surface area contributed by atoms with E-state index in [9.17, 15) is 4.39 Å². The minimum Gasteiger partial charge on any atom is -0.283 e. The molecule has 2 heteroatoms. The first-order valence-corrected chi connectivity index (χ1v) is 1.48. The lowest BCUT2D eigenvalue weighted by Gasteiger charge is -1.96. The van der Waals surface area contributed by atoms with Crippen LogP contribution in [-0.4, -0.2) is 25.8 Å². The summed E-state index contributed by atoms with van der Waals surface area (Å²) in [6.07, 6.45) is 0. The largest absolute Gasteiger partial charge is 0.283 e. The lowest BCUT2D eigenvalue weighted by atomic mass is 11.0. The van der Waals surface area contributed by atoms with Crippen LogP contribution in [0.15, 0.2) is 0 Å². The van der Waals surface area contributed by atoms with Crippen LogP contribution in [0.4, 0.5) is 4.39 Å². The van der Waals surface area contributed by atoms with Crippen molar-refractivity contribution in [2.24, 2.45) is 0 Å². The summed E-state index contributed by atoms with van der Waals surface area (Å²) < 4.78 is 11.0. The second-order valence-electron chi connectivity index (χ2n) is 1.20. The summed E-state index contributed by atoms with van der Waals surface area (Å²) in [6, 6.07) is 0. The van der Waals surface area contributed by atoms with Gasteiger partial charge in [-0.3, -0.25) is 4.90 Å². The molecule has 0 N–H and O–H groups in total. The van der Waals surface area contributed by atoms with Crippen LogP contribution < -0.4 is 0 Å². The maximum Gasteiger partial charge on any atom is 0.142 e. The molecule has 0 fully saturated rings. The molecule has 0 rings (SSSR count). The predicted molar refractivity (Wildman–Crippen MR) is 19.7 cm³/mol. The summed E-state index contributed by atoms with van der Waals surface area (Å²) in [5, 5.41) is 0. The Kier molecular flexibility index (Phi) is 2.10. The summed E-state index contributed by atoms with van der Waals surface area (Å²) in [5.41, 5.74) is 0. The highest BCUT2D eigenvalue weighted by Crippen LogP contribution is 1.68.